The number of nitrogens with zero attached hydrogens (tertiary/aromatic N) is 5. The molecule has 0 aliphatic carbocycles. The molecule has 2 N–H and O–H groups in total. The third kappa shape index (κ3) is 6.20. The minimum Gasteiger partial charge on any atom is -0.378 e. The van der Waals surface area contributed by atoms with Crippen molar-refractivity contribution in [1.82, 2.24) is 20.1 Å². The number of hydrogen-bond acceptors (Lipinski definition) is 8. The van der Waals surface area contributed by atoms with Crippen LogP contribution in [0, 0.1) is 0 Å². The molecule has 0 radical (unpaired) electrons. The molecule has 0 bridgehead atoms. The lowest BCUT2D eigenvalue weighted by Gasteiger charge is -2.46. The Morgan fingerprint density at radius 1 is 1.15 bits per heavy atom. The van der Waals surface area contributed by atoms with Gasteiger partial charge in [0.05, 0.1) is 42.9 Å². The second kappa shape index (κ2) is 11.1. The highest BCUT2D eigenvalue weighted by Crippen LogP contribution is 2.39. The lowest BCUT2D eigenvalue weighted by Crippen LogP contribution is -2.64. The van der Waals surface area contributed by atoms with Crippen molar-refractivity contribution in [1.29, 1.82) is 0 Å². The van der Waals surface area contributed by atoms with E-state index >= 15 is 0 Å². The maximum Gasteiger partial charge on any atom is 0.423 e. The number of carbonyl (C=O) groups excluding carboxylic acids is 2. The highest BCUT2D eigenvalue weighted by Gasteiger charge is 2.44. The summed E-state index contributed by atoms with van der Waals surface area (Å²) in [7, 11) is 1.28. The lowest BCUT2D eigenvalue weighted by molar-refractivity contribution is -0.141. The number of aromatic amines is 1. The topological polar surface area (TPSA) is 124 Å². The van der Waals surface area contributed by atoms with Crippen LogP contribution >= 0.6 is 0 Å². The summed E-state index contributed by atoms with van der Waals surface area (Å²) in [6, 6.07) is -1.03. The Morgan fingerprint density at radius 3 is 2.51 bits per heavy atom. The van der Waals surface area contributed by atoms with Crippen LogP contribution in [0.1, 0.15) is 18.1 Å². The van der Waals surface area contributed by atoms with E-state index in [2.05, 4.69) is 15.4 Å². The molecule has 2 aliphatic heterocycles. The van der Waals surface area contributed by atoms with E-state index < -0.39 is 71.4 Å². The van der Waals surface area contributed by atoms with Crippen molar-refractivity contribution >= 4 is 29.0 Å². The van der Waals surface area contributed by atoms with Crippen molar-refractivity contribution in [3.63, 3.8) is 0 Å². The van der Waals surface area contributed by atoms with Crippen molar-refractivity contribution in [2.24, 2.45) is 0 Å². The first-order valence-electron chi connectivity index (χ1n) is 12.1. The zero-order valence-corrected chi connectivity index (χ0v) is 21.5. The molecule has 224 valence electrons. The van der Waals surface area contributed by atoms with Crippen molar-refractivity contribution in [2.45, 2.75) is 37.5 Å². The molecule has 0 aromatic carbocycles. The van der Waals surface area contributed by atoms with Gasteiger partial charge in [-0.15, -0.1) is 0 Å². The number of nitrogens with one attached hydrogen (secondary N) is 2. The van der Waals surface area contributed by atoms with Crippen LogP contribution in [0.2, 0.25) is 0 Å². The summed E-state index contributed by atoms with van der Waals surface area (Å²) in [5, 5.41) is 7.45. The summed E-state index contributed by atoms with van der Waals surface area (Å²) in [5.41, 5.74) is -4.60. The van der Waals surface area contributed by atoms with E-state index in [4.69, 9.17) is 4.74 Å². The number of aromatic nitrogens is 3. The Morgan fingerprint density at radius 2 is 1.85 bits per heavy atom. The number of H-pyrrole nitrogens is 1. The molecular formula is C23H24F7N7O4. The fourth-order valence-corrected chi connectivity index (χ4v) is 4.57. The predicted octanol–water partition coefficient (Wildman–Crippen LogP) is 2.05. The van der Waals surface area contributed by atoms with Gasteiger partial charge in [0.25, 0.3) is 17.4 Å². The van der Waals surface area contributed by atoms with Gasteiger partial charge in [-0.2, -0.15) is 31.4 Å². The van der Waals surface area contributed by atoms with Crippen LogP contribution in [0.4, 0.5) is 47.9 Å². The van der Waals surface area contributed by atoms with Gasteiger partial charge in [-0.05, 0) is 13.0 Å². The van der Waals surface area contributed by atoms with Crippen LogP contribution in [0.5, 0.6) is 0 Å². The van der Waals surface area contributed by atoms with Crippen molar-refractivity contribution in [3.05, 3.63) is 39.9 Å². The molecule has 1 saturated heterocycles. The summed E-state index contributed by atoms with van der Waals surface area (Å²) in [6.07, 6.45) is -10.4. The van der Waals surface area contributed by atoms with E-state index in [1.165, 1.54) is 18.9 Å². The smallest absolute Gasteiger partial charge is 0.378 e. The minimum atomic E-state index is -4.96. The van der Waals surface area contributed by atoms with Gasteiger partial charge in [-0.25, -0.2) is 14.5 Å². The van der Waals surface area contributed by atoms with Crippen LogP contribution in [-0.4, -0.2) is 90.0 Å². The molecule has 4 heterocycles. The molecule has 2 aromatic heterocycles. The maximum atomic E-state index is 14.8. The Bertz CT molecular complexity index is 1370. The number of carbonyl (C=O) groups is 2. The molecule has 1 fully saturated rings. The summed E-state index contributed by atoms with van der Waals surface area (Å²) >= 11 is 0. The second-order valence-corrected chi connectivity index (χ2v) is 9.49. The maximum absolute atomic E-state index is 14.8. The van der Waals surface area contributed by atoms with Gasteiger partial charge >= 0.3 is 12.4 Å². The van der Waals surface area contributed by atoms with E-state index in [0.29, 0.717) is 6.20 Å². The van der Waals surface area contributed by atoms with E-state index in [0.717, 1.165) is 22.1 Å². The van der Waals surface area contributed by atoms with Crippen molar-refractivity contribution in [2.75, 3.05) is 55.0 Å². The highest BCUT2D eigenvalue weighted by atomic mass is 19.4. The highest BCUT2D eigenvalue weighted by molar-refractivity contribution is 6.05. The molecule has 0 unspecified atom stereocenters. The first-order valence-corrected chi connectivity index (χ1v) is 12.1. The number of rotatable bonds is 7. The SMILES string of the molecule is C[C@@H](COC[C@@H](F)C(=O)N1CCN2c3ncc(C(F)(F)F)cc3N(C)C(=O)[C@@H]2C1)Nc1cn[nH]c(=O)c1C(F)(F)F. The average Bonchev–Trinajstić information content (AvgIpc) is 2.89. The monoisotopic (exact) mass is 595 g/mol. The largest absolute Gasteiger partial charge is 0.423 e. The zero-order valence-electron chi connectivity index (χ0n) is 21.5. The summed E-state index contributed by atoms with van der Waals surface area (Å²) in [4.78, 5) is 44.7. The number of halogens is 7. The molecule has 4 rings (SSSR count). The summed E-state index contributed by atoms with van der Waals surface area (Å²) < 4.78 is 98.9. The number of fused-ring (bicyclic) bond motifs is 3. The molecule has 18 heteroatoms. The van der Waals surface area contributed by atoms with E-state index in [1.54, 1.807) is 5.10 Å². The number of likely N-dealkylation sites (N-methyl/N-ethyl adjacent to an activating group) is 1. The Hall–Kier alpha value is -3.96. The third-order valence-corrected chi connectivity index (χ3v) is 6.56. The van der Waals surface area contributed by atoms with E-state index in [9.17, 15) is 45.1 Å². The van der Waals surface area contributed by atoms with Gasteiger partial charge < -0.3 is 24.8 Å². The number of pyridine rings is 1. The summed E-state index contributed by atoms with van der Waals surface area (Å²) in [6.45, 7) is 0.0285. The number of hydrogen-bond donors (Lipinski definition) is 2. The van der Waals surface area contributed by atoms with Gasteiger partial charge in [0.15, 0.2) is 5.82 Å². The second-order valence-electron chi connectivity index (χ2n) is 9.49. The Kier molecular flexibility index (Phi) is 8.15. The van der Waals surface area contributed by atoms with Crippen LogP contribution in [0.3, 0.4) is 0 Å². The van der Waals surface area contributed by atoms with Crippen LogP contribution in [0.15, 0.2) is 23.3 Å². The number of anilines is 3. The number of alkyl halides is 7. The Balaban J connectivity index is 1.34. The van der Waals surface area contributed by atoms with Gasteiger partial charge in [0, 0.05) is 32.4 Å². The first kappa shape index (κ1) is 30.0. The van der Waals surface area contributed by atoms with Crippen LogP contribution in [-0.2, 0) is 26.7 Å². The fourth-order valence-electron chi connectivity index (χ4n) is 4.57. The van der Waals surface area contributed by atoms with Gasteiger partial charge in [0.2, 0.25) is 6.17 Å². The number of piperazine rings is 1. The first-order chi connectivity index (χ1) is 19.1. The standard InChI is InChI=1S/C23H24F7N7O4/c1-11(33-14-7-32-34-19(38)17(14)23(28,29)30)9-41-10-13(24)20(39)36-3-4-37-16(8-36)21(40)35(2)15-5-12(22(25,26)27)6-31-18(15)37/h5-7,11,13,16H,3-4,8-10H2,1-2H3,(H2,33,34,38)/t11-,13+,16-/m0/s1. The third-order valence-electron chi connectivity index (χ3n) is 6.56. The fraction of sp³-hybridized carbons (Fsp3) is 0.522. The molecule has 0 spiro atoms. The molecule has 11 nitrogen and oxygen atoms in total. The van der Waals surface area contributed by atoms with Crippen LogP contribution < -0.4 is 20.7 Å². The predicted molar refractivity (Wildman–Crippen MR) is 129 cm³/mol. The molecule has 41 heavy (non-hydrogen) atoms. The number of ether oxygens (including phenoxy) is 1. The molecule has 2 aromatic rings. The molecule has 0 saturated carbocycles. The quantitative estimate of drug-likeness (QED) is 0.467. The lowest BCUT2D eigenvalue weighted by atomic mass is 10.0. The molecule has 2 aliphatic rings. The Labute approximate surface area is 227 Å². The zero-order chi connectivity index (χ0) is 30.3. The van der Waals surface area contributed by atoms with Crippen molar-refractivity contribution in [3.8, 4) is 0 Å². The van der Waals surface area contributed by atoms with Gasteiger partial charge in [0.1, 0.15) is 11.6 Å². The molecule has 2 amide bonds. The van der Waals surface area contributed by atoms with Crippen LogP contribution in [0.25, 0.3) is 0 Å². The van der Waals surface area contributed by atoms with E-state index in [-0.39, 0.29) is 37.7 Å². The molecule has 3 atom stereocenters. The van der Waals surface area contributed by atoms with Gasteiger partial charge in [-0.3, -0.25) is 14.4 Å². The van der Waals surface area contributed by atoms with Crippen molar-refractivity contribution < 1.29 is 45.1 Å². The molecular weight excluding hydrogens is 571 g/mol. The average molecular weight is 595 g/mol. The summed E-state index contributed by atoms with van der Waals surface area (Å²) in [5.74, 6) is -1.47. The van der Waals surface area contributed by atoms with E-state index in [1.807, 2.05) is 0 Å². The van der Waals surface area contributed by atoms with Gasteiger partial charge in [-0.1, -0.05) is 0 Å². The number of amides is 2. The minimum absolute atomic E-state index is 0.00165. The normalized spacial score (nSPS) is 19.0.